The van der Waals surface area contributed by atoms with Crippen molar-refractivity contribution in [1.29, 1.82) is 0 Å². The fourth-order valence-electron chi connectivity index (χ4n) is 7.17. The molecule has 62 heavy (non-hydrogen) atoms. The van der Waals surface area contributed by atoms with Crippen molar-refractivity contribution < 1.29 is 28.0 Å². The molecular formula is C55H95O6P. The van der Waals surface area contributed by atoms with Gasteiger partial charge in [-0.05, 0) is 81.0 Å². The molecule has 7 heteroatoms. The Balaban J connectivity index is 4.18. The molecule has 0 spiro atoms. The van der Waals surface area contributed by atoms with E-state index in [0.717, 1.165) is 89.9 Å². The van der Waals surface area contributed by atoms with E-state index in [9.17, 15) is 14.3 Å². The summed E-state index contributed by atoms with van der Waals surface area (Å²) in [7, 11) is -4.21. The summed E-state index contributed by atoms with van der Waals surface area (Å²) in [6, 6.07) is 0. The third-order valence-corrected chi connectivity index (χ3v) is 12.2. The van der Waals surface area contributed by atoms with E-state index in [-0.39, 0.29) is 19.2 Å². The van der Waals surface area contributed by atoms with Crippen LogP contribution in [0.15, 0.2) is 0 Å². The number of esters is 1. The second-order valence-corrected chi connectivity index (χ2v) is 19.3. The Morgan fingerprint density at radius 1 is 0.468 bits per heavy atom. The predicted octanol–water partition coefficient (Wildman–Crippen LogP) is 16.6. The topological polar surface area (TPSA) is 82.1 Å². The van der Waals surface area contributed by atoms with Crippen LogP contribution in [0.2, 0.25) is 0 Å². The summed E-state index contributed by atoms with van der Waals surface area (Å²) < 4.78 is 28.7. The summed E-state index contributed by atoms with van der Waals surface area (Å²) >= 11 is 0. The zero-order valence-corrected chi connectivity index (χ0v) is 41.8. The molecule has 0 saturated carbocycles. The number of carbonyl (C=O) groups is 1. The van der Waals surface area contributed by atoms with E-state index in [2.05, 4.69) is 61.2 Å². The number of hydrogen-bond donors (Lipinski definition) is 1. The first-order chi connectivity index (χ1) is 30.3. The fraction of sp³-hybridized carbons (Fsp3) is 0.836. The standard InChI is InChI=1S/C55H95O6P/c1-5-7-9-11-13-15-17-19-21-23-25-27-28-29-30-32-34-36-38-40-42-44-46-48-54(52-60-62(57,58)59-51-50-53(3)4)61-55(56)49-47-45-43-41-39-37-35-33-31-26-24-22-20-18-16-14-12-10-8-6-2/h53-54H,5-22,29-30,32,34-52H2,1-4H3,(H,57,58)/t54-/m1/s1. The summed E-state index contributed by atoms with van der Waals surface area (Å²) in [5, 5.41) is 0. The maximum absolute atomic E-state index is 12.8. The van der Waals surface area contributed by atoms with E-state index < -0.39 is 13.9 Å². The van der Waals surface area contributed by atoms with Crippen LogP contribution in [0.4, 0.5) is 0 Å². The second-order valence-electron chi connectivity index (χ2n) is 17.9. The number of phosphoric acid groups is 1. The average molecular weight is 883 g/mol. The SMILES string of the molecule is CCCCCCCCCCC#CC#CCCCCCCCCCCC[C@H](COP(=O)(O)OCCC(C)C)OC(=O)CCCCCCCCC#CC#CCCCCCCCCCC. The van der Waals surface area contributed by atoms with E-state index in [1.807, 2.05) is 13.8 Å². The van der Waals surface area contributed by atoms with Crippen LogP contribution in [0.25, 0.3) is 0 Å². The first-order valence-corrected chi connectivity index (χ1v) is 27.5. The molecular weight excluding hydrogens is 788 g/mol. The van der Waals surface area contributed by atoms with Crippen LogP contribution in [0.1, 0.15) is 272 Å². The van der Waals surface area contributed by atoms with E-state index in [0.29, 0.717) is 25.2 Å². The van der Waals surface area contributed by atoms with E-state index >= 15 is 0 Å². The van der Waals surface area contributed by atoms with E-state index in [4.69, 9.17) is 13.8 Å². The number of carbonyl (C=O) groups excluding carboxylic acids is 1. The van der Waals surface area contributed by atoms with Crippen molar-refractivity contribution in [3.05, 3.63) is 0 Å². The lowest BCUT2D eigenvalue weighted by Gasteiger charge is -2.20. The number of hydrogen-bond acceptors (Lipinski definition) is 5. The predicted molar refractivity (Wildman–Crippen MR) is 264 cm³/mol. The smallest absolute Gasteiger partial charge is 0.460 e. The van der Waals surface area contributed by atoms with Crippen molar-refractivity contribution >= 4 is 13.8 Å². The average Bonchev–Trinajstić information content (AvgIpc) is 3.24. The highest BCUT2D eigenvalue weighted by Gasteiger charge is 2.25. The van der Waals surface area contributed by atoms with Gasteiger partial charge in [0.2, 0.25) is 0 Å². The van der Waals surface area contributed by atoms with Gasteiger partial charge in [-0.3, -0.25) is 13.8 Å². The number of ether oxygens (including phenoxy) is 1. The first kappa shape index (κ1) is 59.8. The van der Waals surface area contributed by atoms with Gasteiger partial charge >= 0.3 is 13.8 Å². The lowest BCUT2D eigenvalue weighted by atomic mass is 10.0. The summed E-state index contributed by atoms with van der Waals surface area (Å²) in [5.74, 6) is 25.0. The largest absolute Gasteiger partial charge is 0.472 e. The zero-order chi connectivity index (χ0) is 45.3. The van der Waals surface area contributed by atoms with Crippen molar-refractivity contribution in [3.63, 3.8) is 0 Å². The number of unbranched alkanes of at least 4 members (excludes halogenated alkanes) is 31. The van der Waals surface area contributed by atoms with Gasteiger partial charge in [0.05, 0.1) is 13.2 Å². The lowest BCUT2D eigenvalue weighted by Crippen LogP contribution is -2.23. The van der Waals surface area contributed by atoms with Crippen molar-refractivity contribution in [2.75, 3.05) is 13.2 Å². The third-order valence-electron chi connectivity index (χ3n) is 11.2. The van der Waals surface area contributed by atoms with Gasteiger partial charge in [0, 0.05) is 32.1 Å². The molecule has 0 amide bonds. The van der Waals surface area contributed by atoms with Crippen LogP contribution in [0.5, 0.6) is 0 Å². The molecule has 0 rings (SSSR count). The molecule has 0 bridgehead atoms. The Morgan fingerprint density at radius 3 is 1.18 bits per heavy atom. The maximum Gasteiger partial charge on any atom is 0.472 e. The molecule has 0 radical (unpaired) electrons. The molecule has 356 valence electrons. The summed E-state index contributed by atoms with van der Waals surface area (Å²) in [4.78, 5) is 23.0. The van der Waals surface area contributed by atoms with Crippen LogP contribution in [-0.2, 0) is 23.1 Å². The molecule has 1 unspecified atom stereocenters. The molecule has 0 aliphatic heterocycles. The van der Waals surface area contributed by atoms with Crippen LogP contribution < -0.4 is 0 Å². The molecule has 0 aromatic carbocycles. The maximum atomic E-state index is 12.8. The summed E-state index contributed by atoms with van der Waals surface area (Å²) in [5.41, 5.74) is 0. The van der Waals surface area contributed by atoms with Gasteiger partial charge in [0.25, 0.3) is 0 Å². The van der Waals surface area contributed by atoms with E-state index in [1.165, 1.54) is 135 Å². The van der Waals surface area contributed by atoms with Crippen molar-refractivity contribution in [2.24, 2.45) is 5.92 Å². The minimum absolute atomic E-state index is 0.134. The quantitative estimate of drug-likeness (QED) is 0.0284. The first-order valence-electron chi connectivity index (χ1n) is 26.0. The molecule has 0 saturated heterocycles. The summed E-state index contributed by atoms with van der Waals surface area (Å²) in [6.45, 7) is 8.61. The lowest BCUT2D eigenvalue weighted by molar-refractivity contribution is -0.151. The molecule has 0 fully saturated rings. The Kier molecular flexibility index (Phi) is 46.6. The fourth-order valence-corrected chi connectivity index (χ4v) is 7.94. The number of rotatable bonds is 43. The van der Waals surface area contributed by atoms with Crippen molar-refractivity contribution in [2.45, 2.75) is 278 Å². The minimum Gasteiger partial charge on any atom is -0.460 e. The second kappa shape index (κ2) is 48.3. The zero-order valence-electron chi connectivity index (χ0n) is 40.9. The highest BCUT2D eigenvalue weighted by molar-refractivity contribution is 7.47. The van der Waals surface area contributed by atoms with Crippen LogP contribution in [0.3, 0.4) is 0 Å². The van der Waals surface area contributed by atoms with Crippen molar-refractivity contribution in [3.8, 4) is 47.4 Å². The van der Waals surface area contributed by atoms with Gasteiger partial charge in [-0.25, -0.2) is 4.57 Å². The van der Waals surface area contributed by atoms with Gasteiger partial charge < -0.3 is 9.63 Å². The van der Waals surface area contributed by atoms with Gasteiger partial charge in [0.1, 0.15) is 6.10 Å². The molecule has 6 nitrogen and oxygen atoms in total. The van der Waals surface area contributed by atoms with Crippen LogP contribution >= 0.6 is 7.82 Å². The van der Waals surface area contributed by atoms with E-state index in [1.54, 1.807) is 0 Å². The Morgan fingerprint density at radius 2 is 0.806 bits per heavy atom. The molecule has 0 aromatic rings. The van der Waals surface area contributed by atoms with Gasteiger partial charge in [0.15, 0.2) is 0 Å². The summed E-state index contributed by atoms with van der Waals surface area (Å²) in [6.07, 6.45) is 42.6. The molecule has 0 aliphatic rings. The van der Waals surface area contributed by atoms with Crippen molar-refractivity contribution in [1.82, 2.24) is 0 Å². The van der Waals surface area contributed by atoms with Gasteiger partial charge in [-0.15, -0.1) is 0 Å². The molecule has 1 N–H and O–H groups in total. The minimum atomic E-state index is -4.21. The third kappa shape index (κ3) is 48.8. The Hall–Kier alpha value is -2.18. The number of phosphoric ester groups is 1. The van der Waals surface area contributed by atoms with Crippen LogP contribution in [-0.4, -0.2) is 30.2 Å². The highest BCUT2D eigenvalue weighted by Crippen LogP contribution is 2.43. The van der Waals surface area contributed by atoms with Crippen LogP contribution in [0, 0.1) is 53.3 Å². The molecule has 2 atom stereocenters. The molecule has 0 aliphatic carbocycles. The van der Waals surface area contributed by atoms with Gasteiger partial charge in [-0.2, -0.15) is 0 Å². The highest BCUT2D eigenvalue weighted by atomic mass is 31.2. The normalized spacial score (nSPS) is 12.2. The molecule has 0 heterocycles. The Bertz CT molecular complexity index is 1310. The van der Waals surface area contributed by atoms with Gasteiger partial charge in [-0.1, -0.05) is 212 Å². The Labute approximate surface area is 384 Å². The molecule has 0 aromatic heterocycles. The monoisotopic (exact) mass is 883 g/mol.